The summed E-state index contributed by atoms with van der Waals surface area (Å²) in [6.45, 7) is 5.33. The van der Waals surface area contributed by atoms with Crippen LogP contribution >= 0.6 is 0 Å². The van der Waals surface area contributed by atoms with Gasteiger partial charge in [0.2, 0.25) is 0 Å². The fourth-order valence-corrected chi connectivity index (χ4v) is 1.75. The molecule has 0 spiro atoms. The van der Waals surface area contributed by atoms with Crippen molar-refractivity contribution >= 4 is 6.03 Å². The fraction of sp³-hybridized carbons (Fsp3) is 0.900. The average molecular weight is 200 g/mol. The number of carbonyl (C=O) groups excluding carboxylic acids is 1. The molecular formula is C10H20N2O2. The molecule has 82 valence electrons. The lowest BCUT2D eigenvalue weighted by Gasteiger charge is -2.38. The van der Waals surface area contributed by atoms with Gasteiger partial charge in [-0.15, -0.1) is 0 Å². The van der Waals surface area contributed by atoms with Gasteiger partial charge in [0, 0.05) is 20.1 Å². The second-order valence-corrected chi connectivity index (χ2v) is 3.94. The Balaban J connectivity index is 2.62. The third-order valence-corrected chi connectivity index (χ3v) is 2.99. The quantitative estimate of drug-likeness (QED) is 0.683. The second kappa shape index (κ2) is 4.64. The Morgan fingerprint density at radius 1 is 1.64 bits per heavy atom. The van der Waals surface area contributed by atoms with E-state index in [9.17, 15) is 9.90 Å². The third kappa shape index (κ3) is 2.18. The Kier molecular flexibility index (Phi) is 3.75. The van der Waals surface area contributed by atoms with E-state index in [-0.39, 0.29) is 18.2 Å². The van der Waals surface area contributed by atoms with Crippen LogP contribution < -0.4 is 0 Å². The highest BCUT2D eigenvalue weighted by molar-refractivity contribution is 5.74. The normalized spacial score (nSPS) is 27.6. The van der Waals surface area contributed by atoms with E-state index >= 15 is 0 Å². The minimum absolute atomic E-state index is 0.0266. The van der Waals surface area contributed by atoms with Gasteiger partial charge in [-0.1, -0.05) is 0 Å². The van der Waals surface area contributed by atoms with Crippen LogP contribution in [-0.4, -0.2) is 53.2 Å². The van der Waals surface area contributed by atoms with E-state index in [1.807, 2.05) is 13.8 Å². The Morgan fingerprint density at radius 2 is 2.29 bits per heavy atom. The van der Waals surface area contributed by atoms with Crippen molar-refractivity contribution in [1.29, 1.82) is 0 Å². The Labute approximate surface area is 85.5 Å². The molecule has 1 saturated heterocycles. The predicted molar refractivity (Wildman–Crippen MR) is 55.1 cm³/mol. The van der Waals surface area contributed by atoms with Crippen molar-refractivity contribution in [3.63, 3.8) is 0 Å². The van der Waals surface area contributed by atoms with E-state index < -0.39 is 0 Å². The fourth-order valence-electron chi connectivity index (χ4n) is 1.75. The van der Waals surface area contributed by atoms with Crippen molar-refractivity contribution in [2.45, 2.75) is 38.8 Å². The zero-order valence-electron chi connectivity index (χ0n) is 9.23. The van der Waals surface area contributed by atoms with Crippen molar-refractivity contribution < 1.29 is 9.90 Å². The van der Waals surface area contributed by atoms with Crippen LogP contribution in [-0.2, 0) is 0 Å². The molecule has 0 aromatic rings. The first kappa shape index (κ1) is 11.3. The topological polar surface area (TPSA) is 43.8 Å². The summed E-state index contributed by atoms with van der Waals surface area (Å²) in [4.78, 5) is 15.3. The van der Waals surface area contributed by atoms with Gasteiger partial charge in [-0.2, -0.15) is 0 Å². The molecule has 0 bridgehead atoms. The number of piperidine rings is 1. The standard InChI is InChI=1S/C10H20N2O2/c1-4-11(3)10(14)12-7-5-6-9(13)8(12)2/h8-9,13H,4-7H2,1-3H3. The molecule has 1 rings (SSSR count). The van der Waals surface area contributed by atoms with Crippen LogP contribution in [0.5, 0.6) is 0 Å². The molecule has 1 aliphatic rings. The molecule has 1 N–H and O–H groups in total. The highest BCUT2D eigenvalue weighted by Crippen LogP contribution is 2.18. The van der Waals surface area contributed by atoms with E-state index in [1.165, 1.54) is 0 Å². The maximum Gasteiger partial charge on any atom is 0.320 e. The summed E-state index contributed by atoms with van der Waals surface area (Å²) < 4.78 is 0. The number of aliphatic hydroxyl groups is 1. The predicted octanol–water partition coefficient (Wildman–Crippen LogP) is 0.903. The molecular weight excluding hydrogens is 180 g/mol. The number of nitrogens with zero attached hydrogens (tertiary/aromatic N) is 2. The van der Waals surface area contributed by atoms with Crippen molar-refractivity contribution in [2.24, 2.45) is 0 Å². The smallest absolute Gasteiger partial charge is 0.320 e. The van der Waals surface area contributed by atoms with Crippen LogP contribution in [0.2, 0.25) is 0 Å². The molecule has 0 saturated carbocycles. The van der Waals surface area contributed by atoms with Crippen molar-refractivity contribution in [3.8, 4) is 0 Å². The zero-order valence-corrected chi connectivity index (χ0v) is 9.23. The van der Waals surface area contributed by atoms with Crippen LogP contribution in [0.3, 0.4) is 0 Å². The summed E-state index contributed by atoms with van der Waals surface area (Å²) in [6.07, 6.45) is 1.34. The molecule has 2 unspecified atom stereocenters. The number of rotatable bonds is 1. The molecule has 0 aliphatic carbocycles. The monoisotopic (exact) mass is 200 g/mol. The first-order chi connectivity index (χ1) is 6.57. The van der Waals surface area contributed by atoms with Crippen molar-refractivity contribution in [2.75, 3.05) is 20.1 Å². The van der Waals surface area contributed by atoms with Gasteiger partial charge < -0.3 is 14.9 Å². The number of likely N-dealkylation sites (tertiary alicyclic amines) is 1. The summed E-state index contributed by atoms with van der Waals surface area (Å²) in [7, 11) is 1.79. The molecule has 4 nitrogen and oxygen atoms in total. The number of hydrogen-bond acceptors (Lipinski definition) is 2. The molecule has 0 aromatic carbocycles. The van der Waals surface area contributed by atoms with Gasteiger partial charge in [0.1, 0.15) is 0 Å². The molecule has 0 radical (unpaired) electrons. The van der Waals surface area contributed by atoms with Gasteiger partial charge >= 0.3 is 6.03 Å². The van der Waals surface area contributed by atoms with Gasteiger partial charge in [-0.25, -0.2) is 4.79 Å². The maximum atomic E-state index is 11.8. The maximum absolute atomic E-state index is 11.8. The number of carbonyl (C=O) groups is 1. The van der Waals surface area contributed by atoms with Gasteiger partial charge in [0.15, 0.2) is 0 Å². The van der Waals surface area contributed by atoms with E-state index in [0.717, 1.165) is 19.4 Å². The van der Waals surface area contributed by atoms with E-state index in [1.54, 1.807) is 16.8 Å². The molecule has 0 aromatic heterocycles. The average Bonchev–Trinajstić information content (AvgIpc) is 2.20. The Hall–Kier alpha value is -0.770. The van der Waals surface area contributed by atoms with E-state index in [0.29, 0.717) is 6.54 Å². The first-order valence-electron chi connectivity index (χ1n) is 5.27. The van der Waals surface area contributed by atoms with Gasteiger partial charge in [0.25, 0.3) is 0 Å². The summed E-state index contributed by atoms with van der Waals surface area (Å²) in [6, 6.07) is -0.0241. The lowest BCUT2D eigenvalue weighted by Crippen LogP contribution is -2.53. The number of hydrogen-bond donors (Lipinski definition) is 1. The summed E-state index contributed by atoms with van der Waals surface area (Å²) in [5.41, 5.74) is 0. The molecule has 2 atom stereocenters. The SMILES string of the molecule is CCN(C)C(=O)N1CCCC(O)C1C. The Morgan fingerprint density at radius 3 is 2.86 bits per heavy atom. The van der Waals surface area contributed by atoms with Crippen LogP contribution in [0.1, 0.15) is 26.7 Å². The second-order valence-electron chi connectivity index (χ2n) is 3.94. The van der Waals surface area contributed by atoms with Crippen molar-refractivity contribution in [1.82, 2.24) is 9.80 Å². The molecule has 1 heterocycles. The van der Waals surface area contributed by atoms with Crippen LogP contribution in [0.15, 0.2) is 0 Å². The number of amides is 2. The van der Waals surface area contributed by atoms with E-state index in [2.05, 4.69) is 0 Å². The lowest BCUT2D eigenvalue weighted by molar-refractivity contribution is 0.0310. The van der Waals surface area contributed by atoms with Gasteiger partial charge in [-0.05, 0) is 26.7 Å². The van der Waals surface area contributed by atoms with Crippen LogP contribution in [0, 0.1) is 0 Å². The van der Waals surface area contributed by atoms with E-state index in [4.69, 9.17) is 0 Å². The number of urea groups is 1. The highest BCUT2D eigenvalue weighted by Gasteiger charge is 2.30. The van der Waals surface area contributed by atoms with Gasteiger partial charge in [-0.3, -0.25) is 0 Å². The zero-order chi connectivity index (χ0) is 10.7. The number of aliphatic hydroxyl groups excluding tert-OH is 1. The minimum Gasteiger partial charge on any atom is -0.391 e. The Bertz CT molecular complexity index is 208. The summed E-state index contributed by atoms with van der Waals surface area (Å²) in [5.74, 6) is 0. The molecule has 2 amide bonds. The van der Waals surface area contributed by atoms with Gasteiger partial charge in [0.05, 0.1) is 12.1 Å². The summed E-state index contributed by atoms with van der Waals surface area (Å²) >= 11 is 0. The molecule has 14 heavy (non-hydrogen) atoms. The minimum atomic E-state index is -0.363. The van der Waals surface area contributed by atoms with Crippen molar-refractivity contribution in [3.05, 3.63) is 0 Å². The van der Waals surface area contributed by atoms with Crippen LogP contribution in [0.4, 0.5) is 4.79 Å². The largest absolute Gasteiger partial charge is 0.391 e. The molecule has 4 heteroatoms. The lowest BCUT2D eigenvalue weighted by atomic mass is 10.0. The highest BCUT2D eigenvalue weighted by atomic mass is 16.3. The summed E-state index contributed by atoms with van der Waals surface area (Å²) in [5, 5.41) is 9.64. The van der Waals surface area contributed by atoms with Crippen LogP contribution in [0.25, 0.3) is 0 Å². The first-order valence-corrected chi connectivity index (χ1v) is 5.27. The molecule has 1 aliphatic heterocycles. The molecule has 1 fully saturated rings. The third-order valence-electron chi connectivity index (χ3n) is 2.99.